The molecule has 4 nitrogen and oxygen atoms in total. The zero-order chi connectivity index (χ0) is 16.1. The van der Waals surface area contributed by atoms with Gasteiger partial charge in [-0.25, -0.2) is 4.79 Å². The second-order valence-corrected chi connectivity index (χ2v) is 3.64. The van der Waals surface area contributed by atoms with E-state index in [4.69, 9.17) is 0 Å². The molecule has 0 atom stereocenters. The second kappa shape index (κ2) is 6.49. The van der Waals surface area contributed by atoms with Crippen LogP contribution in [-0.4, -0.2) is 31.6 Å². The van der Waals surface area contributed by atoms with Gasteiger partial charge in [-0.2, -0.15) is 31.3 Å². The number of benzene rings is 1. The third-order valence-electron chi connectivity index (χ3n) is 1.88. The molecule has 1 aromatic rings. The number of alkyl halides is 6. The van der Waals surface area contributed by atoms with Gasteiger partial charge in [-0.3, -0.25) is 0 Å². The summed E-state index contributed by atoms with van der Waals surface area (Å²) in [6.45, 7) is -3.44. The van der Waals surface area contributed by atoms with Crippen molar-refractivity contribution in [1.29, 1.82) is 0 Å². The Labute approximate surface area is 114 Å². The van der Waals surface area contributed by atoms with Crippen molar-refractivity contribution in [2.75, 3.05) is 13.2 Å². The molecule has 0 radical (unpaired) electrons. The number of nitrogens with zero attached hydrogens (tertiary/aromatic N) is 1. The van der Waals surface area contributed by atoms with Crippen LogP contribution in [0.3, 0.4) is 0 Å². The highest BCUT2D eigenvalue weighted by atomic mass is 19.4. The molecule has 21 heavy (non-hydrogen) atoms. The molecule has 0 saturated carbocycles. The van der Waals surface area contributed by atoms with Gasteiger partial charge in [-0.1, -0.05) is 0 Å². The average Bonchev–Trinajstić information content (AvgIpc) is 2.33. The first-order valence-corrected chi connectivity index (χ1v) is 5.22. The van der Waals surface area contributed by atoms with Crippen LogP contribution in [0.15, 0.2) is 23.2 Å². The van der Waals surface area contributed by atoms with Crippen molar-refractivity contribution in [3.8, 4) is 11.5 Å². The standard InChI is InChI=1S/C11H7F6NO3/c12-10(13,14)4-20-8-2-1-7(18-6-19)3-9(8)21-5-11(15,16)17/h1-3H,4-5H2. The molecule has 0 fully saturated rings. The Morgan fingerprint density at radius 3 is 1.95 bits per heavy atom. The van der Waals surface area contributed by atoms with Crippen LogP contribution < -0.4 is 9.47 Å². The topological polar surface area (TPSA) is 47.9 Å². The van der Waals surface area contributed by atoms with E-state index in [-0.39, 0.29) is 5.69 Å². The van der Waals surface area contributed by atoms with Crippen molar-refractivity contribution in [1.82, 2.24) is 0 Å². The van der Waals surface area contributed by atoms with Crippen LogP contribution in [-0.2, 0) is 4.79 Å². The molecule has 0 spiro atoms. The molecule has 0 aromatic heterocycles. The molecular weight excluding hydrogens is 308 g/mol. The smallest absolute Gasteiger partial charge is 0.422 e. The molecule has 0 saturated heterocycles. The summed E-state index contributed by atoms with van der Waals surface area (Å²) in [5.74, 6) is -1.17. The Hall–Kier alpha value is -2.22. The molecule has 0 amide bonds. The fourth-order valence-corrected chi connectivity index (χ4v) is 1.17. The molecule has 0 bridgehead atoms. The first-order chi connectivity index (χ1) is 9.61. The predicted octanol–water partition coefficient (Wildman–Crippen LogP) is 3.54. The van der Waals surface area contributed by atoms with E-state index in [9.17, 15) is 31.1 Å². The molecule has 1 rings (SSSR count). The molecule has 0 unspecified atom stereocenters. The van der Waals surface area contributed by atoms with Gasteiger partial charge in [-0.15, -0.1) is 0 Å². The lowest BCUT2D eigenvalue weighted by molar-refractivity contribution is -0.158. The molecule has 116 valence electrons. The van der Waals surface area contributed by atoms with E-state index >= 15 is 0 Å². The van der Waals surface area contributed by atoms with Gasteiger partial charge in [-0.05, 0) is 12.1 Å². The number of hydrogen-bond acceptors (Lipinski definition) is 4. The minimum absolute atomic E-state index is 0.137. The van der Waals surface area contributed by atoms with Crippen molar-refractivity contribution in [3.05, 3.63) is 18.2 Å². The van der Waals surface area contributed by atoms with Gasteiger partial charge in [0.1, 0.15) is 0 Å². The van der Waals surface area contributed by atoms with Crippen LogP contribution in [0.4, 0.5) is 32.0 Å². The first kappa shape index (κ1) is 16.8. The fourth-order valence-electron chi connectivity index (χ4n) is 1.17. The average molecular weight is 315 g/mol. The Kier molecular flexibility index (Phi) is 5.20. The Balaban J connectivity index is 2.96. The molecular formula is C11H7F6NO3. The summed E-state index contributed by atoms with van der Waals surface area (Å²) < 4.78 is 81.0. The van der Waals surface area contributed by atoms with Crippen LogP contribution in [0.2, 0.25) is 0 Å². The lowest BCUT2D eigenvalue weighted by Gasteiger charge is -2.15. The number of isocyanates is 1. The van der Waals surface area contributed by atoms with Crippen LogP contribution in [0.5, 0.6) is 11.5 Å². The Morgan fingerprint density at radius 2 is 1.48 bits per heavy atom. The van der Waals surface area contributed by atoms with Crippen LogP contribution >= 0.6 is 0 Å². The van der Waals surface area contributed by atoms with E-state index in [0.29, 0.717) is 0 Å². The molecule has 0 N–H and O–H groups in total. The Bertz CT molecular complexity index is 534. The van der Waals surface area contributed by atoms with Gasteiger partial charge in [0.05, 0.1) is 5.69 Å². The summed E-state index contributed by atoms with van der Waals surface area (Å²) in [6, 6.07) is 2.81. The zero-order valence-electron chi connectivity index (χ0n) is 10.1. The summed E-state index contributed by atoms with van der Waals surface area (Å²) in [7, 11) is 0. The van der Waals surface area contributed by atoms with E-state index in [1.807, 2.05) is 0 Å². The number of rotatable bonds is 5. The quantitative estimate of drug-likeness (QED) is 0.474. The van der Waals surface area contributed by atoms with E-state index in [2.05, 4.69) is 14.5 Å². The summed E-state index contributed by atoms with van der Waals surface area (Å²) in [6.07, 6.45) is -8.22. The maximum absolute atomic E-state index is 12.1. The maximum atomic E-state index is 12.1. The van der Waals surface area contributed by atoms with E-state index in [1.165, 1.54) is 0 Å². The molecule has 0 aliphatic heterocycles. The highest BCUT2D eigenvalue weighted by Crippen LogP contribution is 2.33. The highest BCUT2D eigenvalue weighted by molar-refractivity contribution is 5.56. The van der Waals surface area contributed by atoms with Crippen LogP contribution in [0.1, 0.15) is 0 Å². The third-order valence-corrected chi connectivity index (χ3v) is 1.88. The third kappa shape index (κ3) is 6.66. The summed E-state index contributed by atoms with van der Waals surface area (Å²) in [4.78, 5) is 13.2. The largest absolute Gasteiger partial charge is 0.480 e. The predicted molar refractivity (Wildman–Crippen MR) is 57.3 cm³/mol. The Morgan fingerprint density at radius 1 is 0.952 bits per heavy atom. The van der Waals surface area contributed by atoms with Crippen LogP contribution in [0.25, 0.3) is 0 Å². The van der Waals surface area contributed by atoms with Crippen molar-refractivity contribution in [2.24, 2.45) is 4.99 Å². The molecule has 10 heteroatoms. The summed E-state index contributed by atoms with van der Waals surface area (Å²) in [5, 5.41) is 0. The minimum atomic E-state index is -4.69. The number of halogens is 6. The van der Waals surface area contributed by atoms with Crippen molar-refractivity contribution < 1.29 is 40.6 Å². The number of aliphatic imine (C=N–C) groups is 1. The monoisotopic (exact) mass is 315 g/mol. The van der Waals surface area contributed by atoms with Crippen molar-refractivity contribution >= 4 is 11.8 Å². The van der Waals surface area contributed by atoms with Gasteiger partial charge in [0.25, 0.3) is 0 Å². The van der Waals surface area contributed by atoms with Gasteiger partial charge < -0.3 is 9.47 Å². The van der Waals surface area contributed by atoms with E-state index in [0.717, 1.165) is 24.3 Å². The van der Waals surface area contributed by atoms with Gasteiger partial charge >= 0.3 is 12.4 Å². The SMILES string of the molecule is O=C=Nc1ccc(OCC(F)(F)F)c(OCC(F)(F)F)c1. The number of hydrogen-bond donors (Lipinski definition) is 0. The van der Waals surface area contributed by atoms with Gasteiger partial charge in [0.2, 0.25) is 6.08 Å². The van der Waals surface area contributed by atoms with Crippen LogP contribution in [0, 0.1) is 0 Å². The van der Waals surface area contributed by atoms with Gasteiger partial charge in [0.15, 0.2) is 24.7 Å². The minimum Gasteiger partial charge on any atom is -0.480 e. The lowest BCUT2D eigenvalue weighted by Crippen LogP contribution is -2.21. The lowest BCUT2D eigenvalue weighted by atomic mass is 10.3. The highest BCUT2D eigenvalue weighted by Gasteiger charge is 2.31. The van der Waals surface area contributed by atoms with E-state index in [1.54, 1.807) is 0 Å². The van der Waals surface area contributed by atoms with E-state index < -0.39 is 37.1 Å². The summed E-state index contributed by atoms with van der Waals surface area (Å²) in [5.41, 5.74) is -0.137. The molecule has 0 heterocycles. The number of carbonyl (C=O) groups excluding carboxylic acids is 1. The fraction of sp³-hybridized carbons (Fsp3) is 0.364. The normalized spacial score (nSPS) is 11.7. The summed E-state index contributed by atoms with van der Waals surface area (Å²) >= 11 is 0. The van der Waals surface area contributed by atoms with Crippen molar-refractivity contribution in [3.63, 3.8) is 0 Å². The first-order valence-electron chi connectivity index (χ1n) is 5.22. The molecule has 1 aromatic carbocycles. The van der Waals surface area contributed by atoms with Crippen molar-refractivity contribution in [2.45, 2.75) is 12.4 Å². The zero-order valence-corrected chi connectivity index (χ0v) is 10.1. The number of ether oxygens (including phenoxy) is 2. The molecule has 0 aliphatic rings. The molecule has 0 aliphatic carbocycles. The van der Waals surface area contributed by atoms with Gasteiger partial charge in [0, 0.05) is 6.07 Å². The maximum Gasteiger partial charge on any atom is 0.422 e. The second-order valence-electron chi connectivity index (χ2n) is 3.64.